The Morgan fingerprint density at radius 2 is 2.38 bits per heavy atom. The van der Waals surface area contributed by atoms with Gasteiger partial charge >= 0.3 is 5.69 Å². The van der Waals surface area contributed by atoms with E-state index in [2.05, 4.69) is 15.8 Å². The fourth-order valence-corrected chi connectivity index (χ4v) is 1.69. The minimum absolute atomic E-state index is 0.0985. The van der Waals surface area contributed by atoms with Crippen molar-refractivity contribution in [2.45, 2.75) is 0 Å². The predicted octanol–water partition coefficient (Wildman–Crippen LogP) is 1.40. The highest BCUT2D eigenvalue weighted by molar-refractivity contribution is 7.80. The molecule has 0 aromatic heterocycles. The van der Waals surface area contributed by atoms with Crippen molar-refractivity contribution in [3.05, 3.63) is 32.8 Å². The van der Waals surface area contributed by atoms with Gasteiger partial charge in [0.25, 0.3) is 0 Å². The molecule has 0 radical (unpaired) electrons. The van der Waals surface area contributed by atoms with Crippen LogP contribution in [0.1, 0.15) is 5.56 Å². The number of benzene rings is 1. The molecular formula is C11H13ClN4O4S. The SMILES string of the molecule is COCCNC(=S)N/N=C/c1cc(Cl)cc([N+](=O)[O-])c1O. The van der Waals surface area contributed by atoms with Crippen molar-refractivity contribution in [2.24, 2.45) is 5.10 Å². The summed E-state index contributed by atoms with van der Waals surface area (Å²) < 4.78 is 4.83. The van der Waals surface area contributed by atoms with E-state index >= 15 is 0 Å². The van der Waals surface area contributed by atoms with E-state index < -0.39 is 16.4 Å². The highest BCUT2D eigenvalue weighted by atomic mass is 35.5. The maximum Gasteiger partial charge on any atom is 0.312 e. The zero-order valence-corrected chi connectivity index (χ0v) is 12.6. The predicted molar refractivity (Wildman–Crippen MR) is 83.0 cm³/mol. The van der Waals surface area contributed by atoms with Crippen molar-refractivity contribution in [3.63, 3.8) is 0 Å². The van der Waals surface area contributed by atoms with E-state index in [0.717, 1.165) is 6.07 Å². The highest BCUT2D eigenvalue weighted by Gasteiger charge is 2.17. The number of phenols is 1. The Hall–Kier alpha value is -1.97. The summed E-state index contributed by atoms with van der Waals surface area (Å²) in [5.74, 6) is -0.520. The van der Waals surface area contributed by atoms with Crippen molar-refractivity contribution in [2.75, 3.05) is 20.3 Å². The van der Waals surface area contributed by atoms with E-state index in [1.165, 1.54) is 12.3 Å². The molecule has 0 aliphatic rings. The first-order chi connectivity index (χ1) is 9.95. The molecule has 1 rings (SSSR count). The van der Waals surface area contributed by atoms with Crippen LogP contribution in [0.2, 0.25) is 5.02 Å². The summed E-state index contributed by atoms with van der Waals surface area (Å²) in [6.07, 6.45) is 1.18. The van der Waals surface area contributed by atoms with Crippen molar-refractivity contribution >= 4 is 40.8 Å². The lowest BCUT2D eigenvalue weighted by Crippen LogP contribution is -2.34. The summed E-state index contributed by atoms with van der Waals surface area (Å²) in [7, 11) is 1.56. The normalized spacial score (nSPS) is 10.6. The maximum atomic E-state index is 10.7. The smallest absolute Gasteiger partial charge is 0.312 e. The third-order valence-electron chi connectivity index (χ3n) is 2.24. The number of hydrogen-bond acceptors (Lipinski definition) is 6. The van der Waals surface area contributed by atoms with Crippen molar-refractivity contribution in [3.8, 4) is 5.75 Å². The fourth-order valence-electron chi connectivity index (χ4n) is 1.31. The van der Waals surface area contributed by atoms with E-state index in [1.54, 1.807) is 7.11 Å². The third-order valence-corrected chi connectivity index (χ3v) is 2.70. The molecule has 3 N–H and O–H groups in total. The Balaban J connectivity index is 2.72. The highest BCUT2D eigenvalue weighted by Crippen LogP contribution is 2.32. The van der Waals surface area contributed by atoms with Gasteiger partial charge in [0.05, 0.1) is 17.7 Å². The molecule has 21 heavy (non-hydrogen) atoms. The minimum Gasteiger partial charge on any atom is -0.502 e. The Morgan fingerprint density at radius 3 is 3.00 bits per heavy atom. The number of phenolic OH excluding ortho intramolecular Hbond substituents is 1. The molecule has 1 aromatic rings. The molecule has 0 atom stereocenters. The number of nitro groups is 1. The topological polar surface area (TPSA) is 109 Å². The minimum atomic E-state index is -0.733. The average molecular weight is 333 g/mol. The van der Waals surface area contributed by atoms with Gasteiger partial charge in [0.1, 0.15) is 0 Å². The lowest BCUT2D eigenvalue weighted by atomic mass is 10.2. The first kappa shape index (κ1) is 17.1. The number of rotatable bonds is 6. The summed E-state index contributed by atoms with van der Waals surface area (Å²) in [5.41, 5.74) is 2.10. The summed E-state index contributed by atoms with van der Waals surface area (Å²) >= 11 is 10.7. The van der Waals surface area contributed by atoms with Crippen LogP contribution in [0.15, 0.2) is 17.2 Å². The van der Waals surface area contributed by atoms with Crippen LogP contribution in [-0.2, 0) is 4.74 Å². The number of methoxy groups -OCH3 is 1. The van der Waals surface area contributed by atoms with Crippen LogP contribution in [-0.4, -0.2) is 41.6 Å². The van der Waals surface area contributed by atoms with E-state index in [0.29, 0.717) is 13.2 Å². The van der Waals surface area contributed by atoms with Gasteiger partial charge in [-0.2, -0.15) is 5.10 Å². The van der Waals surface area contributed by atoms with E-state index in [-0.39, 0.29) is 15.7 Å². The molecule has 10 heteroatoms. The Morgan fingerprint density at radius 1 is 1.67 bits per heavy atom. The molecule has 8 nitrogen and oxygen atoms in total. The largest absolute Gasteiger partial charge is 0.502 e. The van der Waals surface area contributed by atoms with E-state index in [4.69, 9.17) is 28.6 Å². The molecule has 0 fully saturated rings. The molecule has 0 spiro atoms. The first-order valence-corrected chi connectivity index (χ1v) is 6.47. The van der Waals surface area contributed by atoms with Gasteiger partial charge in [0, 0.05) is 30.3 Å². The van der Waals surface area contributed by atoms with Crippen molar-refractivity contribution in [1.82, 2.24) is 10.7 Å². The second-order valence-electron chi connectivity index (χ2n) is 3.74. The standard InChI is InChI=1S/C11H13ClN4O4S/c1-20-3-2-13-11(21)15-14-6-7-4-8(12)5-9(10(7)17)16(18)19/h4-6,17H,2-3H2,1H3,(H2,13,15,21)/b14-6+. The van der Waals surface area contributed by atoms with Crippen molar-refractivity contribution in [1.29, 1.82) is 0 Å². The zero-order chi connectivity index (χ0) is 15.8. The van der Waals surface area contributed by atoms with Crippen LogP contribution in [0.5, 0.6) is 5.75 Å². The van der Waals surface area contributed by atoms with Gasteiger partial charge in [-0.3, -0.25) is 15.5 Å². The second kappa shape index (κ2) is 8.35. The van der Waals surface area contributed by atoms with E-state index in [1.807, 2.05) is 0 Å². The number of hydrogen-bond donors (Lipinski definition) is 3. The lowest BCUT2D eigenvalue weighted by Gasteiger charge is -2.06. The Labute approximate surface area is 130 Å². The van der Waals surface area contributed by atoms with Gasteiger partial charge in [0.15, 0.2) is 5.11 Å². The Bertz CT molecular complexity index is 567. The van der Waals surface area contributed by atoms with Crippen LogP contribution >= 0.6 is 23.8 Å². The van der Waals surface area contributed by atoms with Crippen LogP contribution in [0.25, 0.3) is 0 Å². The quantitative estimate of drug-likeness (QED) is 0.237. The van der Waals surface area contributed by atoms with Gasteiger partial charge in [-0.25, -0.2) is 0 Å². The molecule has 0 unspecified atom stereocenters. The molecule has 0 aliphatic carbocycles. The molecule has 0 aliphatic heterocycles. The number of thiocarbonyl (C=S) groups is 1. The maximum absolute atomic E-state index is 10.7. The zero-order valence-electron chi connectivity index (χ0n) is 11.0. The molecule has 0 bridgehead atoms. The van der Waals surface area contributed by atoms with Crippen LogP contribution < -0.4 is 10.7 Å². The Kier molecular flexibility index (Phi) is 6.79. The van der Waals surface area contributed by atoms with Crippen molar-refractivity contribution < 1.29 is 14.8 Å². The molecule has 1 aromatic carbocycles. The number of halogens is 1. The van der Waals surface area contributed by atoms with Crippen LogP contribution in [0, 0.1) is 10.1 Å². The molecule has 0 heterocycles. The number of aromatic hydroxyl groups is 1. The summed E-state index contributed by atoms with van der Waals surface area (Å²) in [6, 6.07) is 2.40. The fraction of sp³-hybridized carbons (Fsp3) is 0.273. The van der Waals surface area contributed by atoms with Gasteiger partial charge in [0.2, 0.25) is 5.75 Å². The molecule has 0 saturated heterocycles. The third kappa shape index (κ3) is 5.50. The molecule has 0 saturated carbocycles. The number of nitro benzene ring substituents is 1. The average Bonchev–Trinajstić information content (AvgIpc) is 2.42. The van der Waals surface area contributed by atoms with E-state index in [9.17, 15) is 15.2 Å². The number of ether oxygens (including phenoxy) is 1. The summed E-state index contributed by atoms with van der Waals surface area (Å²) in [6.45, 7) is 0.985. The second-order valence-corrected chi connectivity index (χ2v) is 4.58. The number of nitrogens with zero attached hydrogens (tertiary/aromatic N) is 2. The van der Waals surface area contributed by atoms with Crippen LogP contribution in [0.4, 0.5) is 5.69 Å². The number of hydrazone groups is 1. The molecule has 114 valence electrons. The van der Waals surface area contributed by atoms with Crippen LogP contribution in [0.3, 0.4) is 0 Å². The summed E-state index contributed by atoms with van der Waals surface area (Å²) in [4.78, 5) is 10.0. The first-order valence-electron chi connectivity index (χ1n) is 5.68. The molecular weight excluding hydrogens is 320 g/mol. The molecule has 0 amide bonds. The monoisotopic (exact) mass is 332 g/mol. The van der Waals surface area contributed by atoms with Gasteiger partial charge in [-0.1, -0.05) is 11.6 Å². The lowest BCUT2D eigenvalue weighted by molar-refractivity contribution is -0.385. The van der Waals surface area contributed by atoms with Gasteiger partial charge in [-0.15, -0.1) is 0 Å². The summed E-state index contributed by atoms with van der Waals surface area (Å²) in [5, 5.41) is 27.4. The number of nitrogens with one attached hydrogen (secondary N) is 2. The van der Waals surface area contributed by atoms with Gasteiger partial charge in [-0.05, 0) is 18.3 Å². The van der Waals surface area contributed by atoms with Gasteiger partial charge < -0.3 is 15.2 Å².